The number of para-hydroxylation sites is 2. The van der Waals surface area contributed by atoms with E-state index < -0.39 is 0 Å². The Morgan fingerprint density at radius 3 is 1.34 bits per heavy atom. The fourth-order valence-electron chi connectivity index (χ4n) is 8.58. The molecule has 11 aromatic rings. The first kappa shape index (κ1) is 34.4. The van der Waals surface area contributed by atoms with Crippen LogP contribution in [-0.2, 0) is 0 Å². The van der Waals surface area contributed by atoms with Crippen molar-refractivity contribution in [3.63, 3.8) is 0 Å². The molecule has 0 amide bonds. The summed E-state index contributed by atoms with van der Waals surface area (Å²) < 4.78 is 2.42. The van der Waals surface area contributed by atoms with Gasteiger partial charge in [-0.05, 0) is 80.6 Å². The van der Waals surface area contributed by atoms with E-state index in [1.807, 2.05) is 24.3 Å². The molecule has 0 radical (unpaired) electrons. The van der Waals surface area contributed by atoms with Gasteiger partial charge in [-0.25, -0.2) is 9.97 Å². The van der Waals surface area contributed by atoms with Gasteiger partial charge in [-0.3, -0.25) is 0 Å². The quantitative estimate of drug-likeness (QED) is 0.162. The first-order valence-corrected chi connectivity index (χ1v) is 20.1. The van der Waals surface area contributed by atoms with Gasteiger partial charge < -0.3 is 4.57 Å². The van der Waals surface area contributed by atoms with Crippen molar-refractivity contribution in [3.8, 4) is 73.0 Å². The zero-order valence-corrected chi connectivity index (χ0v) is 32.2. The minimum atomic E-state index is 0.705. The Labute approximate surface area is 343 Å². The number of hydrogen-bond donors (Lipinski definition) is 0. The summed E-state index contributed by atoms with van der Waals surface area (Å²) in [6.07, 6.45) is 0. The van der Waals surface area contributed by atoms with Gasteiger partial charge in [0.1, 0.15) is 0 Å². The Morgan fingerprint density at radius 1 is 0.271 bits per heavy atom. The van der Waals surface area contributed by atoms with Gasteiger partial charge in [-0.2, -0.15) is 0 Å². The van der Waals surface area contributed by atoms with E-state index >= 15 is 0 Å². The lowest BCUT2D eigenvalue weighted by Crippen LogP contribution is -1.97. The lowest BCUT2D eigenvalue weighted by molar-refractivity contribution is 1.18. The van der Waals surface area contributed by atoms with Gasteiger partial charge >= 0.3 is 0 Å². The predicted molar refractivity (Wildman–Crippen MR) is 246 cm³/mol. The van der Waals surface area contributed by atoms with E-state index in [-0.39, 0.29) is 0 Å². The van der Waals surface area contributed by atoms with E-state index in [0.29, 0.717) is 5.82 Å². The maximum absolute atomic E-state index is 5.23. The van der Waals surface area contributed by atoms with Crippen molar-refractivity contribution in [2.24, 2.45) is 0 Å². The van der Waals surface area contributed by atoms with Crippen LogP contribution in [0.25, 0.3) is 106 Å². The highest BCUT2D eigenvalue weighted by Gasteiger charge is 2.18. The number of nitrogens with zero attached hydrogens (tertiary/aromatic N) is 3. The summed E-state index contributed by atoms with van der Waals surface area (Å²) in [5.74, 6) is 0.705. The largest absolute Gasteiger partial charge is 0.309 e. The van der Waals surface area contributed by atoms with Crippen molar-refractivity contribution >= 4 is 32.6 Å². The molecule has 0 fully saturated rings. The summed E-state index contributed by atoms with van der Waals surface area (Å²) in [6.45, 7) is 0. The third kappa shape index (κ3) is 6.26. The van der Waals surface area contributed by atoms with Gasteiger partial charge in [-0.15, -0.1) is 0 Å². The predicted octanol–water partition coefficient (Wildman–Crippen LogP) is 14.7. The van der Waals surface area contributed by atoms with Crippen LogP contribution in [0.4, 0.5) is 0 Å². The SMILES string of the molecule is c1ccc(-c2ccc(-c3cc(-c4ccc(-c5cc(-c6ccccc6)nc(-c6ccccc6)n5)c5ccccc45)cc(-n4c5ccccc5c5ccccc54)c3)cc2)cc1. The molecule has 11 rings (SSSR count). The Hall–Kier alpha value is -7.88. The summed E-state index contributed by atoms with van der Waals surface area (Å²) in [7, 11) is 0. The third-order valence-electron chi connectivity index (χ3n) is 11.4. The van der Waals surface area contributed by atoms with Crippen LogP contribution in [0.5, 0.6) is 0 Å². The molecule has 3 nitrogen and oxygen atoms in total. The fourth-order valence-corrected chi connectivity index (χ4v) is 8.58. The second-order valence-electron chi connectivity index (χ2n) is 15.0. The van der Waals surface area contributed by atoms with Gasteiger partial charge in [0.25, 0.3) is 0 Å². The average molecular weight is 752 g/mol. The number of rotatable bonds is 7. The monoisotopic (exact) mass is 751 g/mol. The molecular formula is C56H37N3. The van der Waals surface area contributed by atoms with Gasteiger partial charge in [0.15, 0.2) is 5.82 Å². The van der Waals surface area contributed by atoms with Crippen LogP contribution >= 0.6 is 0 Å². The second-order valence-corrected chi connectivity index (χ2v) is 15.0. The number of fused-ring (bicyclic) bond motifs is 4. The van der Waals surface area contributed by atoms with Crippen LogP contribution in [0.1, 0.15) is 0 Å². The van der Waals surface area contributed by atoms with E-state index in [1.54, 1.807) is 0 Å². The molecule has 0 N–H and O–H groups in total. The second kappa shape index (κ2) is 14.6. The van der Waals surface area contributed by atoms with Crippen molar-refractivity contribution in [1.82, 2.24) is 14.5 Å². The van der Waals surface area contributed by atoms with Crippen molar-refractivity contribution in [2.45, 2.75) is 0 Å². The van der Waals surface area contributed by atoms with Gasteiger partial charge in [0.2, 0.25) is 0 Å². The van der Waals surface area contributed by atoms with E-state index in [1.165, 1.54) is 32.9 Å². The van der Waals surface area contributed by atoms with Crippen LogP contribution < -0.4 is 0 Å². The smallest absolute Gasteiger partial charge is 0.160 e. The topological polar surface area (TPSA) is 30.7 Å². The molecule has 0 unspecified atom stereocenters. The lowest BCUT2D eigenvalue weighted by atomic mass is 9.91. The number of hydrogen-bond acceptors (Lipinski definition) is 2. The summed E-state index contributed by atoms with van der Waals surface area (Å²) in [4.78, 5) is 10.3. The molecule has 0 atom stereocenters. The van der Waals surface area contributed by atoms with Crippen molar-refractivity contribution in [1.29, 1.82) is 0 Å². The molecule has 0 saturated carbocycles. The lowest BCUT2D eigenvalue weighted by Gasteiger charge is -2.17. The summed E-state index contributed by atoms with van der Waals surface area (Å²) >= 11 is 0. The standard InChI is InChI=1S/C56H37N3/c1-4-16-38(17-5-1)39-28-30-40(31-29-39)43-34-44(36-45(35-43)59-54-26-14-12-24-50(54)51-25-13-15-27-55(51)59)46-32-33-49(48-23-11-10-22-47(46)48)53-37-52(41-18-6-2-7-19-41)57-56(58-53)42-20-8-3-9-21-42/h1-37H. The minimum absolute atomic E-state index is 0.705. The van der Waals surface area contributed by atoms with Crippen LogP contribution in [0.15, 0.2) is 224 Å². The van der Waals surface area contributed by atoms with Crippen molar-refractivity contribution in [3.05, 3.63) is 224 Å². The molecular weight excluding hydrogens is 715 g/mol. The summed E-state index contributed by atoms with van der Waals surface area (Å²) in [5, 5.41) is 4.78. The minimum Gasteiger partial charge on any atom is -0.309 e. The Kier molecular flexibility index (Phi) is 8.49. The summed E-state index contributed by atoms with van der Waals surface area (Å²) in [5.41, 5.74) is 15.4. The van der Waals surface area contributed by atoms with Crippen LogP contribution in [0.3, 0.4) is 0 Å². The third-order valence-corrected chi connectivity index (χ3v) is 11.4. The Bertz CT molecular complexity index is 3180. The molecule has 0 saturated heterocycles. The Morgan fingerprint density at radius 2 is 0.712 bits per heavy atom. The average Bonchev–Trinajstić information content (AvgIpc) is 3.66. The van der Waals surface area contributed by atoms with Crippen LogP contribution in [0.2, 0.25) is 0 Å². The molecule has 9 aromatic carbocycles. The van der Waals surface area contributed by atoms with Crippen molar-refractivity contribution in [2.75, 3.05) is 0 Å². The molecule has 276 valence electrons. The first-order valence-electron chi connectivity index (χ1n) is 20.1. The molecule has 59 heavy (non-hydrogen) atoms. The van der Waals surface area contributed by atoms with Crippen molar-refractivity contribution < 1.29 is 0 Å². The number of benzene rings is 9. The van der Waals surface area contributed by atoms with Gasteiger partial charge in [0, 0.05) is 33.2 Å². The van der Waals surface area contributed by atoms with E-state index in [0.717, 1.165) is 66.8 Å². The molecule has 3 heteroatoms. The van der Waals surface area contributed by atoms with Gasteiger partial charge in [0.05, 0.1) is 22.4 Å². The normalized spacial score (nSPS) is 11.4. The van der Waals surface area contributed by atoms with Crippen LogP contribution in [0, 0.1) is 0 Å². The molecule has 0 bridgehead atoms. The highest BCUT2D eigenvalue weighted by Crippen LogP contribution is 2.41. The molecule has 0 spiro atoms. The first-order chi connectivity index (χ1) is 29.2. The molecule has 0 aliphatic heterocycles. The molecule has 2 aromatic heterocycles. The zero-order chi connectivity index (χ0) is 39.1. The molecule has 0 aliphatic carbocycles. The van der Waals surface area contributed by atoms with Gasteiger partial charge in [-0.1, -0.05) is 188 Å². The number of aromatic nitrogens is 3. The fraction of sp³-hybridized carbons (Fsp3) is 0. The van der Waals surface area contributed by atoms with E-state index in [2.05, 4.69) is 205 Å². The Balaban J connectivity index is 1.12. The van der Waals surface area contributed by atoms with Crippen LogP contribution in [-0.4, -0.2) is 14.5 Å². The zero-order valence-electron chi connectivity index (χ0n) is 32.2. The highest BCUT2D eigenvalue weighted by molar-refractivity contribution is 6.10. The van der Waals surface area contributed by atoms with E-state index in [9.17, 15) is 0 Å². The summed E-state index contributed by atoms with van der Waals surface area (Å²) in [6, 6.07) is 80.1. The molecule has 2 heterocycles. The van der Waals surface area contributed by atoms with E-state index in [4.69, 9.17) is 9.97 Å². The maximum Gasteiger partial charge on any atom is 0.160 e. The highest BCUT2D eigenvalue weighted by atomic mass is 15.0. The maximum atomic E-state index is 5.23. The molecule has 0 aliphatic rings.